The van der Waals surface area contributed by atoms with Gasteiger partial charge < -0.3 is 10.3 Å². The molecular weight excluding hydrogens is 268 g/mol. The lowest BCUT2D eigenvalue weighted by Gasteiger charge is -2.35. The summed E-state index contributed by atoms with van der Waals surface area (Å²) < 4.78 is 4.80. The van der Waals surface area contributed by atoms with Crippen LogP contribution in [0.25, 0.3) is 0 Å². The number of rotatable bonds is 2. The van der Waals surface area contributed by atoms with Crippen LogP contribution in [0.4, 0.5) is 5.88 Å². The normalized spacial score (nSPS) is 27.4. The second-order valence-electron chi connectivity index (χ2n) is 6.17. The SMILES string of the molecule is Cc1noc(N)c1C(=O)N/N=C1/CCC2CCCCC2C1. The lowest BCUT2D eigenvalue weighted by molar-refractivity contribution is 0.0954. The van der Waals surface area contributed by atoms with Crippen LogP contribution in [0.3, 0.4) is 0 Å². The van der Waals surface area contributed by atoms with Crippen molar-refractivity contribution in [2.45, 2.75) is 51.9 Å². The van der Waals surface area contributed by atoms with Gasteiger partial charge in [0.1, 0.15) is 5.56 Å². The molecule has 6 heteroatoms. The van der Waals surface area contributed by atoms with Gasteiger partial charge in [-0.25, -0.2) is 5.43 Å². The van der Waals surface area contributed by atoms with Crippen molar-refractivity contribution in [3.8, 4) is 0 Å². The summed E-state index contributed by atoms with van der Waals surface area (Å²) >= 11 is 0. The predicted molar refractivity (Wildman–Crippen MR) is 79.9 cm³/mol. The Hall–Kier alpha value is -1.85. The molecule has 0 aliphatic heterocycles. The fraction of sp³-hybridized carbons (Fsp3) is 0.667. The first-order chi connectivity index (χ1) is 10.1. The predicted octanol–water partition coefficient (Wildman–Crippen LogP) is 2.64. The van der Waals surface area contributed by atoms with Gasteiger partial charge in [-0.3, -0.25) is 4.79 Å². The Kier molecular flexibility index (Phi) is 3.94. The van der Waals surface area contributed by atoms with Gasteiger partial charge >= 0.3 is 0 Å². The van der Waals surface area contributed by atoms with E-state index in [2.05, 4.69) is 15.7 Å². The van der Waals surface area contributed by atoms with Crippen molar-refractivity contribution in [1.29, 1.82) is 0 Å². The highest BCUT2D eigenvalue weighted by Crippen LogP contribution is 2.39. The molecule has 2 fully saturated rings. The molecule has 21 heavy (non-hydrogen) atoms. The van der Waals surface area contributed by atoms with Crippen LogP contribution in [-0.4, -0.2) is 16.8 Å². The summed E-state index contributed by atoms with van der Waals surface area (Å²) in [5.74, 6) is 1.32. The second kappa shape index (κ2) is 5.87. The number of fused-ring (bicyclic) bond motifs is 1. The minimum Gasteiger partial charge on any atom is -0.367 e. The third-order valence-corrected chi connectivity index (χ3v) is 4.80. The third kappa shape index (κ3) is 2.94. The number of aryl methyl sites for hydroxylation is 1. The van der Waals surface area contributed by atoms with E-state index in [0.717, 1.165) is 30.4 Å². The maximum atomic E-state index is 12.1. The summed E-state index contributed by atoms with van der Waals surface area (Å²) in [5, 5.41) is 7.98. The number of hydrazone groups is 1. The molecule has 0 spiro atoms. The summed E-state index contributed by atoms with van der Waals surface area (Å²) in [5.41, 5.74) is 10.1. The Morgan fingerprint density at radius 3 is 2.81 bits per heavy atom. The van der Waals surface area contributed by atoms with E-state index < -0.39 is 0 Å². The van der Waals surface area contributed by atoms with Crippen LogP contribution in [0.5, 0.6) is 0 Å². The van der Waals surface area contributed by atoms with Crippen LogP contribution in [0.15, 0.2) is 9.62 Å². The molecular formula is C15H22N4O2. The zero-order valence-electron chi connectivity index (χ0n) is 12.4. The number of carbonyl (C=O) groups is 1. The topological polar surface area (TPSA) is 93.5 Å². The molecule has 0 saturated heterocycles. The number of hydrogen-bond acceptors (Lipinski definition) is 5. The molecule has 0 aromatic carbocycles. The molecule has 1 aromatic rings. The standard InChI is InChI=1S/C15H22N4O2/c1-9-13(14(16)21-19-9)15(20)18-17-12-7-6-10-4-2-3-5-11(10)8-12/h10-11H,2-8,16H2,1H3,(H,18,20)/b17-12-. The maximum Gasteiger partial charge on any atom is 0.278 e. The van der Waals surface area contributed by atoms with Gasteiger partial charge in [0.05, 0.1) is 5.69 Å². The number of aromatic nitrogens is 1. The van der Waals surface area contributed by atoms with E-state index in [1.807, 2.05) is 0 Å². The molecule has 3 rings (SSSR count). The lowest BCUT2D eigenvalue weighted by Crippen LogP contribution is -2.30. The number of carbonyl (C=O) groups excluding carboxylic acids is 1. The van der Waals surface area contributed by atoms with E-state index >= 15 is 0 Å². The molecule has 1 amide bonds. The molecule has 3 N–H and O–H groups in total. The fourth-order valence-electron chi connectivity index (χ4n) is 3.64. The van der Waals surface area contributed by atoms with E-state index in [1.165, 1.54) is 32.1 Å². The Labute approximate surface area is 124 Å². The van der Waals surface area contributed by atoms with Gasteiger partial charge in [-0.15, -0.1) is 0 Å². The van der Waals surface area contributed by atoms with Crippen LogP contribution >= 0.6 is 0 Å². The van der Waals surface area contributed by atoms with Crippen LogP contribution in [0.2, 0.25) is 0 Å². The average Bonchev–Trinajstić information content (AvgIpc) is 2.84. The van der Waals surface area contributed by atoms with Crippen molar-refractivity contribution in [3.05, 3.63) is 11.3 Å². The smallest absolute Gasteiger partial charge is 0.278 e. The van der Waals surface area contributed by atoms with Gasteiger partial charge in [-0.05, 0) is 44.4 Å². The molecule has 1 aromatic heterocycles. The van der Waals surface area contributed by atoms with Crippen molar-refractivity contribution < 1.29 is 9.32 Å². The number of nitrogens with zero attached hydrogens (tertiary/aromatic N) is 2. The van der Waals surface area contributed by atoms with Crippen molar-refractivity contribution in [1.82, 2.24) is 10.6 Å². The Morgan fingerprint density at radius 1 is 1.33 bits per heavy atom. The molecule has 1 heterocycles. The monoisotopic (exact) mass is 290 g/mol. The summed E-state index contributed by atoms with van der Waals surface area (Å²) in [6, 6.07) is 0. The first-order valence-electron chi connectivity index (χ1n) is 7.72. The molecule has 0 radical (unpaired) electrons. The van der Waals surface area contributed by atoms with E-state index in [4.69, 9.17) is 10.3 Å². The number of nitrogens with one attached hydrogen (secondary N) is 1. The summed E-state index contributed by atoms with van der Waals surface area (Å²) in [6.45, 7) is 1.69. The number of amides is 1. The fourth-order valence-corrected chi connectivity index (χ4v) is 3.64. The highest BCUT2D eigenvalue weighted by molar-refractivity contribution is 5.99. The van der Waals surface area contributed by atoms with E-state index in [1.54, 1.807) is 6.92 Å². The van der Waals surface area contributed by atoms with E-state index in [-0.39, 0.29) is 17.4 Å². The summed E-state index contributed by atoms with van der Waals surface area (Å²) in [7, 11) is 0. The van der Waals surface area contributed by atoms with E-state index in [0.29, 0.717) is 5.69 Å². The molecule has 2 aliphatic carbocycles. The number of hydrogen-bond donors (Lipinski definition) is 2. The van der Waals surface area contributed by atoms with Crippen molar-refractivity contribution >= 4 is 17.5 Å². The van der Waals surface area contributed by atoms with Gasteiger partial charge in [-0.2, -0.15) is 5.10 Å². The zero-order chi connectivity index (χ0) is 14.8. The van der Waals surface area contributed by atoms with Crippen LogP contribution in [0, 0.1) is 18.8 Å². The highest BCUT2D eigenvalue weighted by atomic mass is 16.5. The quantitative estimate of drug-likeness (QED) is 0.819. The molecule has 6 nitrogen and oxygen atoms in total. The number of anilines is 1. The van der Waals surface area contributed by atoms with Crippen molar-refractivity contribution in [3.63, 3.8) is 0 Å². The van der Waals surface area contributed by atoms with Gasteiger partial charge in [-0.1, -0.05) is 24.4 Å². The molecule has 2 unspecified atom stereocenters. The Morgan fingerprint density at radius 2 is 2.10 bits per heavy atom. The third-order valence-electron chi connectivity index (χ3n) is 4.80. The summed E-state index contributed by atoms with van der Waals surface area (Å²) in [4.78, 5) is 12.1. The molecule has 2 saturated carbocycles. The Bertz CT molecular complexity index is 545. The molecule has 0 bridgehead atoms. The minimum absolute atomic E-state index is 0.0428. The largest absolute Gasteiger partial charge is 0.367 e. The maximum absolute atomic E-state index is 12.1. The zero-order valence-corrected chi connectivity index (χ0v) is 12.4. The lowest BCUT2D eigenvalue weighted by atomic mass is 9.70. The van der Waals surface area contributed by atoms with Crippen LogP contribution < -0.4 is 11.2 Å². The Balaban J connectivity index is 1.62. The van der Waals surface area contributed by atoms with Gasteiger partial charge in [0.2, 0.25) is 5.88 Å². The van der Waals surface area contributed by atoms with Gasteiger partial charge in [0, 0.05) is 5.71 Å². The average molecular weight is 290 g/mol. The summed E-state index contributed by atoms with van der Waals surface area (Å²) in [6.07, 6.45) is 8.57. The first kappa shape index (κ1) is 14.1. The van der Waals surface area contributed by atoms with Crippen molar-refractivity contribution in [2.24, 2.45) is 16.9 Å². The number of nitrogens with two attached hydrogens (primary N) is 1. The van der Waals surface area contributed by atoms with Crippen LogP contribution in [0.1, 0.15) is 61.0 Å². The molecule has 114 valence electrons. The molecule has 2 aliphatic rings. The second-order valence-corrected chi connectivity index (χ2v) is 6.17. The number of nitrogen functional groups attached to an aromatic ring is 1. The first-order valence-corrected chi connectivity index (χ1v) is 7.72. The van der Waals surface area contributed by atoms with Crippen molar-refractivity contribution in [2.75, 3.05) is 5.73 Å². The van der Waals surface area contributed by atoms with Gasteiger partial charge in [0.25, 0.3) is 5.91 Å². The van der Waals surface area contributed by atoms with Crippen LogP contribution in [-0.2, 0) is 0 Å². The van der Waals surface area contributed by atoms with E-state index in [9.17, 15) is 4.79 Å². The minimum atomic E-state index is -0.343. The molecule has 2 atom stereocenters. The highest BCUT2D eigenvalue weighted by Gasteiger charge is 2.30. The van der Waals surface area contributed by atoms with Gasteiger partial charge in [0.15, 0.2) is 0 Å².